The lowest BCUT2D eigenvalue weighted by molar-refractivity contribution is -0.125. The monoisotopic (exact) mass is 540 g/mol. The first kappa shape index (κ1) is 28.0. The molecule has 0 bridgehead atoms. The number of aromatic nitrogens is 1. The fraction of sp³-hybridized carbons (Fsp3) is 0.161. The minimum absolute atomic E-state index is 0.132. The largest absolute Gasteiger partial charge is 0.360 e. The first-order chi connectivity index (χ1) is 19.2. The van der Waals surface area contributed by atoms with Gasteiger partial charge in [-0.1, -0.05) is 53.7 Å². The molecule has 0 radical (unpaired) electrons. The van der Waals surface area contributed by atoms with Crippen molar-refractivity contribution in [3.63, 3.8) is 0 Å². The average molecular weight is 541 g/mol. The smallest absolute Gasteiger partial charge is 0.252 e. The van der Waals surface area contributed by atoms with Gasteiger partial charge in [-0.05, 0) is 67.3 Å². The molecule has 8 nitrogen and oxygen atoms in total. The van der Waals surface area contributed by atoms with Crippen LogP contribution in [0.3, 0.4) is 0 Å². The van der Waals surface area contributed by atoms with Crippen LogP contribution >= 0.6 is 0 Å². The van der Waals surface area contributed by atoms with E-state index in [1.54, 1.807) is 55.5 Å². The van der Waals surface area contributed by atoms with Gasteiger partial charge in [0, 0.05) is 30.5 Å². The van der Waals surface area contributed by atoms with Crippen molar-refractivity contribution < 1.29 is 23.3 Å². The Morgan fingerprint density at radius 1 is 0.950 bits per heavy atom. The maximum atomic E-state index is 13.8. The molecule has 1 atom stereocenters. The highest BCUT2D eigenvalue weighted by atomic mass is 19.1. The van der Waals surface area contributed by atoms with Crippen LogP contribution in [0.15, 0.2) is 95.5 Å². The molecule has 0 saturated heterocycles. The summed E-state index contributed by atoms with van der Waals surface area (Å²) in [5, 5.41) is 9.14. The fourth-order valence-corrected chi connectivity index (χ4v) is 4.18. The molecule has 0 saturated carbocycles. The zero-order valence-corrected chi connectivity index (χ0v) is 22.4. The molecule has 2 N–H and O–H groups in total. The minimum Gasteiger partial charge on any atom is -0.360 e. The molecular formula is C31H29FN4O4. The lowest BCUT2D eigenvalue weighted by Gasteiger charge is -2.32. The number of rotatable bonds is 9. The molecule has 40 heavy (non-hydrogen) atoms. The Balaban J connectivity index is 1.69. The maximum Gasteiger partial charge on any atom is 0.252 e. The van der Waals surface area contributed by atoms with Crippen LogP contribution in [-0.2, 0) is 20.9 Å². The van der Waals surface area contributed by atoms with Crippen molar-refractivity contribution in [1.82, 2.24) is 10.5 Å². The van der Waals surface area contributed by atoms with Crippen molar-refractivity contribution in [1.29, 1.82) is 0 Å². The van der Waals surface area contributed by atoms with Crippen LogP contribution in [-0.4, -0.2) is 22.9 Å². The maximum absolute atomic E-state index is 13.8. The van der Waals surface area contributed by atoms with Crippen molar-refractivity contribution in [2.45, 2.75) is 33.4 Å². The molecule has 4 aromatic rings. The lowest BCUT2D eigenvalue weighted by atomic mass is 9.97. The average Bonchev–Trinajstić information content (AvgIpc) is 3.34. The molecule has 0 aliphatic carbocycles. The van der Waals surface area contributed by atoms with Gasteiger partial charge in [-0.2, -0.15) is 0 Å². The van der Waals surface area contributed by atoms with E-state index in [-0.39, 0.29) is 18.2 Å². The molecule has 1 heterocycles. The summed E-state index contributed by atoms with van der Waals surface area (Å²) in [5.74, 6) is -1.24. The van der Waals surface area contributed by atoms with Gasteiger partial charge in [0.1, 0.15) is 17.6 Å². The van der Waals surface area contributed by atoms with Gasteiger partial charge in [-0.15, -0.1) is 0 Å². The van der Waals surface area contributed by atoms with E-state index < -0.39 is 23.8 Å². The molecule has 1 unspecified atom stereocenters. The predicted octanol–water partition coefficient (Wildman–Crippen LogP) is 5.32. The Bertz CT molecular complexity index is 1540. The Morgan fingerprint density at radius 2 is 1.70 bits per heavy atom. The third-order valence-electron chi connectivity index (χ3n) is 6.14. The molecule has 9 heteroatoms. The second-order valence-corrected chi connectivity index (χ2v) is 9.30. The zero-order valence-electron chi connectivity index (χ0n) is 22.4. The molecule has 1 aromatic heterocycles. The van der Waals surface area contributed by atoms with Gasteiger partial charge in [0.05, 0.1) is 0 Å². The second-order valence-electron chi connectivity index (χ2n) is 9.30. The first-order valence-corrected chi connectivity index (χ1v) is 12.6. The molecule has 0 aliphatic rings. The number of anilines is 2. The number of benzene rings is 3. The summed E-state index contributed by atoms with van der Waals surface area (Å²) in [6.07, 6.45) is 2.20. The summed E-state index contributed by atoms with van der Waals surface area (Å²) in [5.41, 5.74) is 3.48. The quantitative estimate of drug-likeness (QED) is 0.280. The molecule has 4 rings (SSSR count). The van der Waals surface area contributed by atoms with Crippen LogP contribution in [0.4, 0.5) is 15.9 Å². The zero-order chi connectivity index (χ0) is 28.6. The number of hydrogen-bond donors (Lipinski definition) is 2. The number of aryl methyl sites for hydroxylation is 3. The number of nitrogens with zero attached hydrogens (tertiary/aromatic N) is 2. The molecule has 3 amide bonds. The fourth-order valence-electron chi connectivity index (χ4n) is 4.18. The van der Waals surface area contributed by atoms with Crippen molar-refractivity contribution in [2.24, 2.45) is 0 Å². The highest BCUT2D eigenvalue weighted by Crippen LogP contribution is 2.31. The number of halogens is 1. The van der Waals surface area contributed by atoms with Gasteiger partial charge in [0.25, 0.3) is 5.91 Å². The van der Waals surface area contributed by atoms with Crippen LogP contribution in [0.2, 0.25) is 0 Å². The summed E-state index contributed by atoms with van der Waals surface area (Å²) in [7, 11) is 0. The predicted molar refractivity (Wildman–Crippen MR) is 150 cm³/mol. The van der Waals surface area contributed by atoms with E-state index in [1.807, 2.05) is 32.0 Å². The molecule has 0 spiro atoms. The van der Waals surface area contributed by atoms with Crippen LogP contribution in [0.1, 0.15) is 34.1 Å². The van der Waals surface area contributed by atoms with Crippen LogP contribution < -0.4 is 15.5 Å². The minimum atomic E-state index is -1.07. The second kappa shape index (κ2) is 12.7. The van der Waals surface area contributed by atoms with E-state index in [1.165, 1.54) is 17.0 Å². The molecular weight excluding hydrogens is 511 g/mol. The first-order valence-electron chi connectivity index (χ1n) is 12.6. The van der Waals surface area contributed by atoms with E-state index in [4.69, 9.17) is 4.52 Å². The summed E-state index contributed by atoms with van der Waals surface area (Å²) < 4.78 is 18.3. The van der Waals surface area contributed by atoms with Crippen molar-refractivity contribution in [3.05, 3.63) is 125 Å². The van der Waals surface area contributed by atoms with E-state index in [2.05, 4.69) is 15.8 Å². The number of nitrogens with one attached hydrogen (secondary N) is 2. The van der Waals surface area contributed by atoms with Gasteiger partial charge >= 0.3 is 0 Å². The number of carbonyl (C=O) groups is 3. The Kier molecular flexibility index (Phi) is 8.86. The third kappa shape index (κ3) is 7.08. The van der Waals surface area contributed by atoms with Crippen LogP contribution in [0.5, 0.6) is 0 Å². The number of hydrogen-bond acceptors (Lipinski definition) is 5. The van der Waals surface area contributed by atoms with Crippen LogP contribution in [0, 0.1) is 26.6 Å². The molecule has 3 aromatic carbocycles. The number of carbonyl (C=O) groups excluding carboxylic acids is 3. The Labute approximate surface area is 231 Å². The Hall–Kier alpha value is -5.05. The summed E-state index contributed by atoms with van der Waals surface area (Å²) in [4.78, 5) is 41.4. The molecule has 0 fully saturated rings. The van der Waals surface area contributed by atoms with E-state index >= 15 is 0 Å². The third-order valence-corrected chi connectivity index (χ3v) is 6.14. The van der Waals surface area contributed by atoms with Gasteiger partial charge in [-0.25, -0.2) is 4.39 Å². The van der Waals surface area contributed by atoms with Crippen LogP contribution in [0.25, 0.3) is 0 Å². The standard InChI is InChI=1S/C31H29FN4O4/c1-20-7-6-9-25(17-20)36(29(38)16-15-28(37)34-27-18-22(3)40-35-27)30(26-10-5-4-8-21(26)2)31(39)33-19-23-11-13-24(32)14-12-23/h4-18,30H,19H2,1-3H3,(H,33,39)(H,34,35,37)/b16-15+. The topological polar surface area (TPSA) is 105 Å². The van der Waals surface area contributed by atoms with Crippen molar-refractivity contribution in [3.8, 4) is 0 Å². The van der Waals surface area contributed by atoms with E-state index in [9.17, 15) is 18.8 Å². The van der Waals surface area contributed by atoms with E-state index in [0.717, 1.165) is 23.3 Å². The van der Waals surface area contributed by atoms with Gasteiger partial charge in [0.15, 0.2) is 5.82 Å². The van der Waals surface area contributed by atoms with Gasteiger partial charge in [-0.3, -0.25) is 19.3 Å². The van der Waals surface area contributed by atoms with Crippen molar-refractivity contribution >= 4 is 29.2 Å². The highest BCUT2D eigenvalue weighted by molar-refractivity contribution is 6.10. The Morgan fingerprint density at radius 3 is 2.38 bits per heavy atom. The highest BCUT2D eigenvalue weighted by Gasteiger charge is 2.33. The van der Waals surface area contributed by atoms with Gasteiger partial charge in [0.2, 0.25) is 11.8 Å². The van der Waals surface area contributed by atoms with E-state index in [0.29, 0.717) is 22.6 Å². The van der Waals surface area contributed by atoms with Gasteiger partial charge < -0.3 is 15.2 Å². The van der Waals surface area contributed by atoms with Crippen molar-refractivity contribution in [2.75, 3.05) is 10.2 Å². The molecule has 204 valence electrons. The summed E-state index contributed by atoms with van der Waals surface area (Å²) in [6.45, 7) is 5.56. The number of amides is 3. The summed E-state index contributed by atoms with van der Waals surface area (Å²) in [6, 6.07) is 20.8. The lowest BCUT2D eigenvalue weighted by Crippen LogP contribution is -2.43. The molecule has 0 aliphatic heterocycles. The normalized spacial score (nSPS) is 11.7. The summed E-state index contributed by atoms with van der Waals surface area (Å²) >= 11 is 0. The SMILES string of the molecule is Cc1cccc(N(C(=O)/C=C/C(=O)Nc2cc(C)on2)C(C(=O)NCc2ccc(F)cc2)c2ccccc2C)c1.